The molecule has 1 amide bonds. The average molecular weight is 368 g/mol. The fourth-order valence-electron chi connectivity index (χ4n) is 1.94. The van der Waals surface area contributed by atoms with Crippen LogP contribution in [-0.2, 0) is 0 Å². The van der Waals surface area contributed by atoms with Crippen LogP contribution in [0.4, 0.5) is 11.6 Å². The van der Waals surface area contributed by atoms with Crippen LogP contribution >= 0.6 is 23.2 Å². The Kier molecular flexibility index (Phi) is 6.36. The maximum atomic E-state index is 12.2. The largest absolute Gasteiger partial charge is 0.349 e. The first kappa shape index (κ1) is 18.4. The van der Waals surface area contributed by atoms with Crippen molar-refractivity contribution in [1.29, 1.82) is 0 Å². The minimum absolute atomic E-state index is 0.248. The number of aromatic nitrogens is 2. The highest BCUT2D eigenvalue weighted by atomic mass is 35.5. The van der Waals surface area contributed by atoms with Crippen LogP contribution < -0.4 is 10.6 Å². The number of hydrogen-bond donors (Lipinski definition) is 2. The lowest BCUT2D eigenvalue weighted by atomic mass is 10.3. The Hall–Kier alpha value is -1.89. The zero-order chi connectivity index (χ0) is 17.7. The molecule has 1 heterocycles. The lowest BCUT2D eigenvalue weighted by Crippen LogP contribution is -2.32. The van der Waals surface area contributed by atoms with Crippen molar-refractivity contribution in [3.8, 4) is 0 Å². The summed E-state index contributed by atoms with van der Waals surface area (Å²) in [4.78, 5) is 22.7. The van der Waals surface area contributed by atoms with E-state index >= 15 is 0 Å². The predicted octanol–water partition coefficient (Wildman–Crippen LogP) is 3.13. The van der Waals surface area contributed by atoms with Gasteiger partial charge in [0.05, 0.1) is 10.7 Å². The van der Waals surface area contributed by atoms with E-state index in [4.69, 9.17) is 23.2 Å². The molecule has 2 aromatic rings. The number of aryl methyl sites for hydroxylation is 1. The van der Waals surface area contributed by atoms with Crippen molar-refractivity contribution in [3.05, 3.63) is 45.7 Å². The second-order valence-corrected chi connectivity index (χ2v) is 6.37. The molecule has 0 fully saturated rings. The minimum Gasteiger partial charge on any atom is -0.349 e. The van der Waals surface area contributed by atoms with Crippen molar-refractivity contribution in [2.45, 2.75) is 6.92 Å². The van der Waals surface area contributed by atoms with Crippen LogP contribution in [0.25, 0.3) is 0 Å². The number of nitrogens with zero attached hydrogens (tertiary/aromatic N) is 3. The number of rotatable bonds is 6. The third-order valence-electron chi connectivity index (χ3n) is 3.11. The van der Waals surface area contributed by atoms with Gasteiger partial charge < -0.3 is 15.5 Å². The van der Waals surface area contributed by atoms with Crippen molar-refractivity contribution >= 4 is 40.7 Å². The van der Waals surface area contributed by atoms with Crippen LogP contribution in [0.15, 0.2) is 24.3 Å². The number of hydrogen-bond acceptors (Lipinski definition) is 5. The van der Waals surface area contributed by atoms with Gasteiger partial charge in [0.25, 0.3) is 5.91 Å². The summed E-state index contributed by atoms with van der Waals surface area (Å²) in [6, 6.07) is 6.68. The van der Waals surface area contributed by atoms with Crippen molar-refractivity contribution in [2.75, 3.05) is 32.5 Å². The van der Waals surface area contributed by atoms with Gasteiger partial charge in [0.1, 0.15) is 5.69 Å². The number of amides is 1. The molecule has 128 valence electrons. The van der Waals surface area contributed by atoms with E-state index in [-0.39, 0.29) is 11.9 Å². The molecule has 2 N–H and O–H groups in total. The van der Waals surface area contributed by atoms with Crippen LogP contribution in [0, 0.1) is 6.92 Å². The van der Waals surface area contributed by atoms with E-state index in [0.717, 1.165) is 6.54 Å². The van der Waals surface area contributed by atoms with Crippen LogP contribution in [0.1, 0.15) is 16.2 Å². The van der Waals surface area contributed by atoms with Crippen LogP contribution in [0.3, 0.4) is 0 Å². The second-order valence-electron chi connectivity index (χ2n) is 5.53. The maximum Gasteiger partial charge on any atom is 0.270 e. The Bertz CT molecular complexity index is 736. The van der Waals surface area contributed by atoms with Gasteiger partial charge in [-0.3, -0.25) is 4.79 Å². The maximum absolute atomic E-state index is 12.2. The topological polar surface area (TPSA) is 70.2 Å². The highest BCUT2D eigenvalue weighted by Gasteiger charge is 2.11. The summed E-state index contributed by atoms with van der Waals surface area (Å²) in [5.41, 5.74) is 1.54. The second kappa shape index (κ2) is 8.28. The van der Waals surface area contributed by atoms with Crippen molar-refractivity contribution in [2.24, 2.45) is 0 Å². The Morgan fingerprint density at radius 1 is 1.21 bits per heavy atom. The van der Waals surface area contributed by atoms with Gasteiger partial charge in [-0.25, -0.2) is 9.97 Å². The Morgan fingerprint density at radius 3 is 2.67 bits per heavy atom. The van der Waals surface area contributed by atoms with E-state index in [1.54, 1.807) is 31.2 Å². The van der Waals surface area contributed by atoms with Gasteiger partial charge in [0.2, 0.25) is 5.95 Å². The third kappa shape index (κ3) is 5.33. The summed E-state index contributed by atoms with van der Waals surface area (Å²) in [5.74, 6) is 0.0412. The lowest BCUT2D eigenvalue weighted by molar-refractivity contribution is 0.0946. The van der Waals surface area contributed by atoms with Gasteiger partial charge in [-0.2, -0.15) is 0 Å². The first-order valence-corrected chi connectivity index (χ1v) is 8.11. The van der Waals surface area contributed by atoms with E-state index < -0.39 is 0 Å². The summed E-state index contributed by atoms with van der Waals surface area (Å²) >= 11 is 12.1. The number of halogens is 2. The normalized spacial score (nSPS) is 10.8. The van der Waals surface area contributed by atoms with Gasteiger partial charge in [-0.15, -0.1) is 0 Å². The molecular weight excluding hydrogens is 349 g/mol. The number of benzene rings is 1. The minimum atomic E-state index is -0.248. The molecule has 1 aromatic carbocycles. The van der Waals surface area contributed by atoms with Gasteiger partial charge >= 0.3 is 0 Å². The summed E-state index contributed by atoms with van der Waals surface area (Å²) in [7, 11) is 3.88. The number of anilines is 2. The molecule has 0 radical (unpaired) electrons. The Morgan fingerprint density at radius 2 is 1.96 bits per heavy atom. The molecule has 24 heavy (non-hydrogen) atoms. The standard InChI is InChI=1S/C16H19Cl2N5O/c1-10-8-14(15(24)19-6-7-23(2)3)22-16(20-10)21-13-9-11(17)4-5-12(13)18/h4-5,8-9H,6-7H2,1-3H3,(H,19,24)(H,20,21,22). The van der Waals surface area contributed by atoms with E-state index in [0.29, 0.717) is 33.7 Å². The number of likely N-dealkylation sites (N-methyl/N-ethyl adjacent to an activating group) is 1. The summed E-state index contributed by atoms with van der Waals surface area (Å²) in [6.45, 7) is 3.08. The molecule has 0 spiro atoms. The number of nitrogens with one attached hydrogen (secondary N) is 2. The Balaban J connectivity index is 2.16. The van der Waals surface area contributed by atoms with E-state index in [2.05, 4.69) is 20.6 Å². The van der Waals surface area contributed by atoms with Crippen LogP contribution in [0.2, 0.25) is 10.0 Å². The van der Waals surface area contributed by atoms with Crippen molar-refractivity contribution in [3.63, 3.8) is 0 Å². The smallest absolute Gasteiger partial charge is 0.270 e. The molecule has 0 aliphatic heterocycles. The molecule has 6 nitrogen and oxygen atoms in total. The van der Waals surface area contributed by atoms with E-state index in [1.807, 2.05) is 19.0 Å². The van der Waals surface area contributed by atoms with Gasteiger partial charge in [0, 0.05) is 23.8 Å². The molecule has 8 heteroatoms. The van der Waals surface area contributed by atoms with E-state index in [1.165, 1.54) is 0 Å². The van der Waals surface area contributed by atoms with Crippen LogP contribution in [0.5, 0.6) is 0 Å². The first-order chi connectivity index (χ1) is 11.3. The summed E-state index contributed by atoms with van der Waals surface area (Å²) < 4.78 is 0. The third-order valence-corrected chi connectivity index (χ3v) is 3.67. The SMILES string of the molecule is Cc1cc(C(=O)NCCN(C)C)nc(Nc2cc(Cl)ccc2Cl)n1. The van der Waals surface area contributed by atoms with Gasteiger partial charge in [-0.05, 0) is 45.3 Å². The van der Waals surface area contributed by atoms with Gasteiger partial charge in [-0.1, -0.05) is 23.2 Å². The molecule has 0 atom stereocenters. The Labute approximate surface area is 151 Å². The summed E-state index contributed by atoms with van der Waals surface area (Å²) in [5, 5.41) is 6.85. The molecule has 0 aliphatic carbocycles. The molecule has 0 saturated heterocycles. The van der Waals surface area contributed by atoms with Crippen molar-refractivity contribution < 1.29 is 4.79 Å². The van der Waals surface area contributed by atoms with Crippen molar-refractivity contribution in [1.82, 2.24) is 20.2 Å². The summed E-state index contributed by atoms with van der Waals surface area (Å²) in [6.07, 6.45) is 0. The monoisotopic (exact) mass is 367 g/mol. The molecule has 2 rings (SSSR count). The zero-order valence-corrected chi connectivity index (χ0v) is 15.2. The lowest BCUT2D eigenvalue weighted by Gasteiger charge is -2.12. The highest BCUT2D eigenvalue weighted by molar-refractivity contribution is 6.35. The highest BCUT2D eigenvalue weighted by Crippen LogP contribution is 2.27. The molecule has 0 aliphatic rings. The molecule has 1 aromatic heterocycles. The number of carbonyl (C=O) groups excluding carboxylic acids is 1. The fourth-order valence-corrected chi connectivity index (χ4v) is 2.28. The predicted molar refractivity (Wildman–Crippen MR) is 97.4 cm³/mol. The average Bonchev–Trinajstić information content (AvgIpc) is 2.50. The molecule has 0 saturated carbocycles. The molecule has 0 unspecified atom stereocenters. The fraction of sp³-hybridized carbons (Fsp3) is 0.312. The van der Waals surface area contributed by atoms with Crippen LogP contribution in [-0.4, -0.2) is 48.0 Å². The zero-order valence-electron chi connectivity index (χ0n) is 13.7. The van der Waals surface area contributed by atoms with Gasteiger partial charge in [0.15, 0.2) is 0 Å². The van der Waals surface area contributed by atoms with E-state index in [9.17, 15) is 4.79 Å². The molecule has 0 bridgehead atoms. The quantitative estimate of drug-likeness (QED) is 0.820. The number of carbonyl (C=O) groups is 1. The molecular formula is C16H19Cl2N5O. The first-order valence-electron chi connectivity index (χ1n) is 7.36.